The maximum absolute atomic E-state index is 11.6. The molecule has 0 aliphatic heterocycles. The fraction of sp³-hybridized carbons (Fsp3) is 0.250. The van der Waals surface area contributed by atoms with Gasteiger partial charge in [0.05, 0.1) is 28.1 Å². The van der Waals surface area contributed by atoms with Crippen LogP contribution < -0.4 is 9.64 Å². The number of hydrogen-bond acceptors (Lipinski definition) is 6. The third-order valence-electron chi connectivity index (χ3n) is 5.41. The molecular weight excluding hydrogens is 424 g/mol. The molecule has 0 bridgehead atoms. The van der Waals surface area contributed by atoms with Crippen LogP contribution in [-0.4, -0.2) is 44.3 Å². The van der Waals surface area contributed by atoms with Crippen molar-refractivity contribution >= 4 is 32.3 Å². The van der Waals surface area contributed by atoms with Gasteiger partial charge in [-0.1, -0.05) is 12.1 Å². The van der Waals surface area contributed by atoms with E-state index in [1.807, 2.05) is 48.7 Å². The molecule has 4 aromatic rings. The molecule has 0 aliphatic rings. The largest absolute Gasteiger partial charge is 0.494 e. The Balaban J connectivity index is 1.51. The van der Waals surface area contributed by atoms with Crippen LogP contribution in [0.1, 0.15) is 17.5 Å². The van der Waals surface area contributed by atoms with Crippen molar-refractivity contribution in [1.82, 2.24) is 9.38 Å². The Kier molecular flexibility index (Phi) is 5.76. The first-order valence-corrected chi connectivity index (χ1v) is 12.1. The molecule has 0 saturated carbocycles. The van der Waals surface area contributed by atoms with Gasteiger partial charge in [0.2, 0.25) is 0 Å². The fourth-order valence-electron chi connectivity index (χ4n) is 3.74. The number of sulfone groups is 1. The highest BCUT2D eigenvalue weighted by atomic mass is 32.2. The minimum atomic E-state index is -3.21. The van der Waals surface area contributed by atoms with Crippen LogP contribution in [0.3, 0.4) is 0 Å². The summed E-state index contributed by atoms with van der Waals surface area (Å²) in [6.45, 7) is 3.15. The first kappa shape index (κ1) is 21.7. The second-order valence-corrected chi connectivity index (χ2v) is 9.81. The number of hydrogen-bond donors (Lipinski definition) is 0. The lowest BCUT2D eigenvalue weighted by Gasteiger charge is -2.22. The summed E-state index contributed by atoms with van der Waals surface area (Å²) in [5, 5.41) is 9.65. The van der Waals surface area contributed by atoms with E-state index in [0.717, 1.165) is 35.4 Å². The highest BCUT2D eigenvalue weighted by Gasteiger charge is 2.17. The van der Waals surface area contributed by atoms with Crippen molar-refractivity contribution in [1.29, 1.82) is 5.26 Å². The van der Waals surface area contributed by atoms with Gasteiger partial charge < -0.3 is 9.64 Å². The van der Waals surface area contributed by atoms with E-state index in [4.69, 9.17) is 9.72 Å². The number of nitrogens with zero attached hydrogens (tertiary/aromatic N) is 4. The van der Waals surface area contributed by atoms with Crippen molar-refractivity contribution < 1.29 is 13.2 Å². The van der Waals surface area contributed by atoms with Gasteiger partial charge in [-0.15, -0.1) is 0 Å². The maximum atomic E-state index is 11.6. The average Bonchev–Trinajstić information content (AvgIpc) is 3.15. The van der Waals surface area contributed by atoms with E-state index in [2.05, 4.69) is 11.0 Å². The predicted octanol–water partition coefficient (Wildman–Crippen LogP) is 3.98. The van der Waals surface area contributed by atoms with E-state index in [1.165, 1.54) is 6.26 Å². The van der Waals surface area contributed by atoms with E-state index >= 15 is 0 Å². The zero-order valence-electron chi connectivity index (χ0n) is 18.2. The molecule has 2 heterocycles. The molecule has 0 unspecified atom stereocenters. The van der Waals surface area contributed by atoms with Crippen LogP contribution in [-0.2, 0) is 9.84 Å². The Morgan fingerprint density at radius 3 is 2.56 bits per heavy atom. The Morgan fingerprint density at radius 1 is 1.16 bits per heavy atom. The summed E-state index contributed by atoms with van der Waals surface area (Å²) in [5.41, 5.74) is 3.95. The zero-order chi connectivity index (χ0) is 22.9. The molecule has 0 radical (unpaired) electrons. The Bertz CT molecular complexity index is 1430. The number of fused-ring (bicyclic) bond motifs is 3. The van der Waals surface area contributed by atoms with Crippen molar-refractivity contribution in [2.75, 3.05) is 31.4 Å². The van der Waals surface area contributed by atoms with E-state index in [9.17, 15) is 13.7 Å². The zero-order valence-corrected chi connectivity index (χ0v) is 19.1. The summed E-state index contributed by atoms with van der Waals surface area (Å²) < 4.78 is 30.9. The van der Waals surface area contributed by atoms with Crippen LogP contribution in [0.15, 0.2) is 59.5 Å². The van der Waals surface area contributed by atoms with Gasteiger partial charge in [0.25, 0.3) is 0 Å². The highest BCUT2D eigenvalue weighted by molar-refractivity contribution is 7.90. The van der Waals surface area contributed by atoms with Crippen LogP contribution in [0.25, 0.3) is 16.7 Å². The second-order valence-electron chi connectivity index (χ2n) is 7.80. The number of imidazole rings is 1. The van der Waals surface area contributed by atoms with Gasteiger partial charge in [0.15, 0.2) is 15.5 Å². The normalized spacial score (nSPS) is 11.6. The Labute approximate surface area is 187 Å². The lowest BCUT2D eigenvalue weighted by molar-refractivity contribution is 0.312. The van der Waals surface area contributed by atoms with Crippen LogP contribution in [0, 0.1) is 18.3 Å². The van der Waals surface area contributed by atoms with E-state index < -0.39 is 9.84 Å². The van der Waals surface area contributed by atoms with Crippen molar-refractivity contribution in [3.05, 3.63) is 65.7 Å². The Morgan fingerprint density at radius 2 is 1.88 bits per heavy atom. The summed E-state index contributed by atoms with van der Waals surface area (Å²) in [4.78, 5) is 7.10. The smallest absolute Gasteiger partial charge is 0.175 e. The molecule has 0 saturated heterocycles. The molecule has 2 aromatic heterocycles. The number of benzene rings is 2. The predicted molar refractivity (Wildman–Crippen MR) is 125 cm³/mol. The third kappa shape index (κ3) is 4.12. The molecule has 7 nitrogen and oxygen atoms in total. The third-order valence-corrected chi connectivity index (χ3v) is 6.54. The van der Waals surface area contributed by atoms with Gasteiger partial charge in [-0.05, 0) is 61.4 Å². The van der Waals surface area contributed by atoms with Crippen molar-refractivity contribution in [2.24, 2.45) is 0 Å². The summed E-state index contributed by atoms with van der Waals surface area (Å²) >= 11 is 0. The molecule has 4 rings (SSSR count). The average molecular weight is 449 g/mol. The Hall–Kier alpha value is -3.57. The van der Waals surface area contributed by atoms with Gasteiger partial charge in [-0.25, -0.2) is 13.4 Å². The molecule has 0 aliphatic carbocycles. The van der Waals surface area contributed by atoms with Gasteiger partial charge in [-0.3, -0.25) is 4.40 Å². The topological polar surface area (TPSA) is 87.7 Å². The quantitative estimate of drug-likeness (QED) is 0.398. The van der Waals surface area contributed by atoms with Gasteiger partial charge >= 0.3 is 0 Å². The standard InChI is InChI=1S/C24H24N4O3S/c1-17-15-23(28-22-8-5-4-7-21(22)26-24(28)20(17)16-25)27(2)13-6-14-31-18-9-11-19(12-10-18)32(3,29)30/h4-5,7-12,15H,6,13-14H2,1-3H3. The molecule has 0 fully saturated rings. The number of pyridine rings is 1. The summed E-state index contributed by atoms with van der Waals surface area (Å²) in [5.74, 6) is 1.60. The number of ether oxygens (including phenoxy) is 1. The molecule has 0 atom stereocenters. The van der Waals surface area contributed by atoms with Crippen molar-refractivity contribution in [3.8, 4) is 11.8 Å². The van der Waals surface area contributed by atoms with Crippen molar-refractivity contribution in [3.63, 3.8) is 0 Å². The van der Waals surface area contributed by atoms with Gasteiger partial charge in [-0.2, -0.15) is 5.26 Å². The summed E-state index contributed by atoms with van der Waals surface area (Å²) in [7, 11) is -1.20. The summed E-state index contributed by atoms with van der Waals surface area (Å²) in [6.07, 6.45) is 1.95. The minimum absolute atomic E-state index is 0.275. The maximum Gasteiger partial charge on any atom is 0.175 e. The van der Waals surface area contributed by atoms with Gasteiger partial charge in [0, 0.05) is 19.8 Å². The second kappa shape index (κ2) is 8.52. The first-order chi connectivity index (χ1) is 15.3. The molecule has 32 heavy (non-hydrogen) atoms. The first-order valence-electron chi connectivity index (χ1n) is 10.2. The van der Waals surface area contributed by atoms with Crippen LogP contribution in [0.4, 0.5) is 5.82 Å². The van der Waals surface area contributed by atoms with Crippen LogP contribution in [0.5, 0.6) is 5.75 Å². The molecule has 2 aromatic carbocycles. The fourth-order valence-corrected chi connectivity index (χ4v) is 4.37. The lowest BCUT2D eigenvalue weighted by atomic mass is 10.1. The number of rotatable bonds is 7. The molecule has 0 N–H and O–H groups in total. The van der Waals surface area contributed by atoms with E-state index in [0.29, 0.717) is 23.6 Å². The highest BCUT2D eigenvalue weighted by Crippen LogP contribution is 2.28. The monoisotopic (exact) mass is 448 g/mol. The van der Waals surface area contributed by atoms with Crippen molar-refractivity contribution in [2.45, 2.75) is 18.2 Å². The van der Waals surface area contributed by atoms with Crippen LogP contribution in [0.2, 0.25) is 0 Å². The molecule has 0 spiro atoms. The minimum Gasteiger partial charge on any atom is -0.494 e. The summed E-state index contributed by atoms with van der Waals surface area (Å²) in [6, 6.07) is 18.6. The molecule has 0 amide bonds. The van der Waals surface area contributed by atoms with Gasteiger partial charge in [0.1, 0.15) is 17.6 Å². The van der Waals surface area contributed by atoms with Crippen LogP contribution >= 0.6 is 0 Å². The van der Waals surface area contributed by atoms with E-state index in [1.54, 1.807) is 24.3 Å². The molecular formula is C24H24N4O3S. The molecule has 8 heteroatoms. The number of nitriles is 1. The lowest BCUT2D eigenvalue weighted by Crippen LogP contribution is -2.23. The number of anilines is 1. The number of aryl methyl sites for hydroxylation is 1. The molecule has 164 valence electrons. The number of aromatic nitrogens is 2. The SMILES string of the molecule is Cc1cc(N(C)CCCOc2ccc(S(C)(=O)=O)cc2)n2c(nc3ccccc32)c1C#N. The van der Waals surface area contributed by atoms with E-state index in [-0.39, 0.29) is 4.90 Å². The number of para-hydroxylation sites is 2.